The highest BCUT2D eigenvalue weighted by atomic mass is 16.5. The van der Waals surface area contributed by atoms with E-state index in [2.05, 4.69) is 4.74 Å². The second kappa shape index (κ2) is 6.01. The Morgan fingerprint density at radius 2 is 2.25 bits per heavy atom. The zero-order valence-corrected chi connectivity index (χ0v) is 9.94. The smallest absolute Gasteiger partial charge is 0.308 e. The molecule has 0 amide bonds. The maximum Gasteiger partial charge on any atom is 0.308 e. The molecule has 0 aromatic rings. The van der Waals surface area contributed by atoms with Crippen LogP contribution in [0.2, 0.25) is 0 Å². The minimum Gasteiger partial charge on any atom is -0.469 e. The van der Waals surface area contributed by atoms with Gasteiger partial charge in [-0.1, -0.05) is 18.6 Å². The van der Waals surface area contributed by atoms with Crippen LogP contribution in [-0.4, -0.2) is 37.0 Å². The summed E-state index contributed by atoms with van der Waals surface area (Å²) in [6, 6.07) is 0. The van der Waals surface area contributed by atoms with Gasteiger partial charge in [0.1, 0.15) is 11.7 Å². The monoisotopic (exact) mass is 228 g/mol. The largest absolute Gasteiger partial charge is 0.469 e. The van der Waals surface area contributed by atoms with Crippen LogP contribution in [0.4, 0.5) is 0 Å². The molecule has 2 atom stereocenters. The molecule has 0 saturated heterocycles. The van der Waals surface area contributed by atoms with Crippen LogP contribution in [0.15, 0.2) is 12.2 Å². The van der Waals surface area contributed by atoms with Gasteiger partial charge in [-0.05, 0) is 19.3 Å². The third-order valence-electron chi connectivity index (χ3n) is 3.00. The number of ether oxygens (including phenoxy) is 2. The van der Waals surface area contributed by atoms with E-state index in [1.807, 2.05) is 12.2 Å². The van der Waals surface area contributed by atoms with Crippen LogP contribution in [0.3, 0.4) is 0 Å². The Labute approximate surface area is 96.2 Å². The fraction of sp³-hybridized carbons (Fsp3) is 0.750. The third kappa shape index (κ3) is 3.32. The van der Waals surface area contributed by atoms with Gasteiger partial charge >= 0.3 is 5.97 Å². The molecule has 4 heteroatoms. The third-order valence-corrected chi connectivity index (χ3v) is 3.00. The fourth-order valence-corrected chi connectivity index (χ4v) is 2.04. The van der Waals surface area contributed by atoms with Gasteiger partial charge in [-0.25, -0.2) is 0 Å². The molecule has 0 radical (unpaired) electrons. The average molecular weight is 228 g/mol. The van der Waals surface area contributed by atoms with Crippen molar-refractivity contribution in [2.45, 2.75) is 43.8 Å². The Balaban J connectivity index is 2.79. The number of rotatable bonds is 3. The highest BCUT2D eigenvalue weighted by molar-refractivity contribution is 5.70. The Kier molecular flexibility index (Phi) is 4.96. The first-order chi connectivity index (χ1) is 7.62. The van der Waals surface area contributed by atoms with Crippen LogP contribution in [0.25, 0.3) is 0 Å². The summed E-state index contributed by atoms with van der Waals surface area (Å²) in [4.78, 5) is 11.3. The van der Waals surface area contributed by atoms with Crippen LogP contribution in [0, 0.1) is 0 Å². The van der Waals surface area contributed by atoms with Gasteiger partial charge < -0.3 is 14.6 Å². The molecular weight excluding hydrogens is 208 g/mol. The summed E-state index contributed by atoms with van der Waals surface area (Å²) in [7, 11) is 2.87. The Morgan fingerprint density at radius 1 is 1.50 bits per heavy atom. The zero-order chi connectivity index (χ0) is 12.0. The van der Waals surface area contributed by atoms with E-state index >= 15 is 0 Å². The summed E-state index contributed by atoms with van der Waals surface area (Å²) in [5.74, 6) is -0.404. The van der Waals surface area contributed by atoms with Gasteiger partial charge in [0.2, 0.25) is 0 Å². The summed E-state index contributed by atoms with van der Waals surface area (Å²) in [5, 5.41) is 10.5. The van der Waals surface area contributed by atoms with Crippen LogP contribution in [0.5, 0.6) is 0 Å². The number of carbonyl (C=O) groups is 1. The van der Waals surface area contributed by atoms with Crippen molar-refractivity contribution in [2.24, 2.45) is 0 Å². The van der Waals surface area contributed by atoms with E-state index in [1.165, 1.54) is 7.11 Å². The number of hydrogen-bond acceptors (Lipinski definition) is 4. The Morgan fingerprint density at radius 3 is 2.88 bits per heavy atom. The minimum absolute atomic E-state index is 0.0215. The lowest BCUT2D eigenvalue weighted by molar-refractivity contribution is -0.152. The molecule has 0 saturated carbocycles. The number of methoxy groups -OCH3 is 2. The van der Waals surface area contributed by atoms with Crippen molar-refractivity contribution in [3.8, 4) is 0 Å². The van der Waals surface area contributed by atoms with Crippen LogP contribution >= 0.6 is 0 Å². The normalized spacial score (nSPS) is 32.6. The van der Waals surface area contributed by atoms with Crippen LogP contribution in [0.1, 0.15) is 32.1 Å². The molecule has 92 valence electrons. The van der Waals surface area contributed by atoms with Gasteiger partial charge in [-0.15, -0.1) is 0 Å². The lowest BCUT2D eigenvalue weighted by Crippen LogP contribution is -2.44. The molecule has 1 aliphatic rings. The van der Waals surface area contributed by atoms with E-state index in [1.54, 1.807) is 7.11 Å². The minimum atomic E-state index is -1.14. The van der Waals surface area contributed by atoms with Crippen molar-refractivity contribution in [2.75, 3.05) is 14.2 Å². The summed E-state index contributed by atoms with van der Waals surface area (Å²) < 4.78 is 9.85. The van der Waals surface area contributed by atoms with Crippen molar-refractivity contribution >= 4 is 5.97 Å². The van der Waals surface area contributed by atoms with Gasteiger partial charge in [0, 0.05) is 7.11 Å². The molecule has 0 fully saturated rings. The summed E-state index contributed by atoms with van der Waals surface area (Å²) in [6.07, 6.45) is 6.84. The SMILES string of the molecule is COC(=O)CC1(O)CCCC/C=C/C1OC. The molecule has 0 bridgehead atoms. The molecule has 0 aromatic heterocycles. The van der Waals surface area contributed by atoms with Crippen molar-refractivity contribution in [1.29, 1.82) is 0 Å². The predicted octanol–water partition coefficient (Wildman–Crippen LogP) is 1.43. The first-order valence-corrected chi connectivity index (χ1v) is 5.61. The number of hydrogen-bond donors (Lipinski definition) is 1. The molecule has 0 spiro atoms. The van der Waals surface area contributed by atoms with E-state index in [0.717, 1.165) is 19.3 Å². The standard InChI is InChI=1S/C12H20O4/c1-15-10-7-5-3-4-6-8-12(10,14)9-11(13)16-2/h5,7,10,14H,3-4,6,8-9H2,1-2H3/b7-5+. The number of esters is 1. The summed E-state index contributed by atoms with van der Waals surface area (Å²) in [5.41, 5.74) is -1.14. The van der Waals surface area contributed by atoms with E-state index < -0.39 is 17.7 Å². The quantitative estimate of drug-likeness (QED) is 0.586. The van der Waals surface area contributed by atoms with Gasteiger partial charge in [0.05, 0.1) is 13.5 Å². The topological polar surface area (TPSA) is 55.8 Å². The van der Waals surface area contributed by atoms with E-state index in [0.29, 0.717) is 6.42 Å². The van der Waals surface area contributed by atoms with Crippen LogP contribution in [-0.2, 0) is 14.3 Å². The number of allylic oxidation sites excluding steroid dienone is 1. The zero-order valence-electron chi connectivity index (χ0n) is 9.94. The molecule has 1 rings (SSSR count). The predicted molar refractivity (Wildman–Crippen MR) is 60.0 cm³/mol. The van der Waals surface area contributed by atoms with Gasteiger partial charge in [-0.3, -0.25) is 4.79 Å². The second-order valence-corrected chi connectivity index (χ2v) is 4.19. The van der Waals surface area contributed by atoms with Crippen molar-refractivity contribution in [1.82, 2.24) is 0 Å². The number of carbonyl (C=O) groups excluding carboxylic acids is 1. The average Bonchev–Trinajstić information content (AvgIpc) is 2.25. The molecule has 4 nitrogen and oxygen atoms in total. The first kappa shape index (κ1) is 13.2. The Bertz CT molecular complexity index is 262. The Hall–Kier alpha value is -0.870. The maximum atomic E-state index is 11.3. The lowest BCUT2D eigenvalue weighted by atomic mass is 9.85. The fourth-order valence-electron chi connectivity index (χ4n) is 2.04. The molecule has 0 aliphatic heterocycles. The van der Waals surface area contributed by atoms with Gasteiger partial charge in [0.25, 0.3) is 0 Å². The maximum absolute atomic E-state index is 11.3. The molecule has 1 aliphatic carbocycles. The van der Waals surface area contributed by atoms with Crippen molar-refractivity contribution < 1.29 is 19.4 Å². The molecule has 0 aromatic carbocycles. The highest BCUT2D eigenvalue weighted by Crippen LogP contribution is 2.28. The highest BCUT2D eigenvalue weighted by Gasteiger charge is 2.38. The lowest BCUT2D eigenvalue weighted by Gasteiger charge is -2.33. The van der Waals surface area contributed by atoms with E-state index in [9.17, 15) is 9.90 Å². The number of aliphatic hydroxyl groups is 1. The van der Waals surface area contributed by atoms with Gasteiger partial charge in [0.15, 0.2) is 0 Å². The second-order valence-electron chi connectivity index (χ2n) is 4.19. The molecular formula is C12H20O4. The first-order valence-electron chi connectivity index (χ1n) is 5.61. The van der Waals surface area contributed by atoms with E-state index in [-0.39, 0.29) is 6.42 Å². The molecule has 16 heavy (non-hydrogen) atoms. The van der Waals surface area contributed by atoms with Crippen molar-refractivity contribution in [3.05, 3.63) is 12.2 Å². The van der Waals surface area contributed by atoms with Crippen molar-refractivity contribution in [3.63, 3.8) is 0 Å². The van der Waals surface area contributed by atoms with Crippen LogP contribution < -0.4 is 0 Å². The van der Waals surface area contributed by atoms with E-state index in [4.69, 9.17) is 4.74 Å². The summed E-state index contributed by atoms with van der Waals surface area (Å²) in [6.45, 7) is 0. The molecule has 1 N–H and O–H groups in total. The summed E-state index contributed by atoms with van der Waals surface area (Å²) >= 11 is 0. The van der Waals surface area contributed by atoms with Gasteiger partial charge in [-0.2, -0.15) is 0 Å². The molecule has 0 heterocycles. The molecule has 2 unspecified atom stereocenters.